The van der Waals surface area contributed by atoms with E-state index < -0.39 is 0 Å². The minimum Gasteiger partial charge on any atom is -0.351 e. The van der Waals surface area contributed by atoms with E-state index in [0.29, 0.717) is 18.5 Å². The number of likely N-dealkylation sites (tertiary alicyclic amines) is 1. The minimum absolute atomic E-state index is 0. The van der Waals surface area contributed by atoms with Crippen molar-refractivity contribution in [1.29, 1.82) is 0 Å². The van der Waals surface area contributed by atoms with Crippen molar-refractivity contribution in [3.8, 4) is 0 Å². The molecule has 31 heavy (non-hydrogen) atoms. The zero-order valence-corrected chi connectivity index (χ0v) is 21.3. The molecular formula is C23H31IN6S. The summed E-state index contributed by atoms with van der Waals surface area (Å²) in [6, 6.07) is 11.0. The molecule has 1 aromatic carbocycles. The number of hydrogen-bond donors (Lipinski definition) is 1. The quantitative estimate of drug-likeness (QED) is 0.281. The number of guanidine groups is 1. The first kappa shape index (κ1) is 23.7. The molecule has 0 radical (unpaired) electrons. The van der Waals surface area contributed by atoms with Gasteiger partial charge in [0.25, 0.3) is 0 Å². The van der Waals surface area contributed by atoms with Gasteiger partial charge in [-0.1, -0.05) is 37.3 Å². The highest BCUT2D eigenvalue weighted by atomic mass is 127. The topological polar surface area (TPSA) is 58.3 Å². The lowest BCUT2D eigenvalue weighted by Crippen LogP contribution is -2.48. The Balaban J connectivity index is 0.00000272. The van der Waals surface area contributed by atoms with Crippen LogP contribution in [0.4, 0.5) is 0 Å². The van der Waals surface area contributed by atoms with E-state index in [2.05, 4.69) is 73.6 Å². The number of aromatic nitrogens is 3. The molecule has 0 saturated carbocycles. The monoisotopic (exact) mass is 550 g/mol. The number of hydrogen-bond acceptors (Lipinski definition) is 4. The summed E-state index contributed by atoms with van der Waals surface area (Å²) in [5.41, 5.74) is 2.44. The number of imidazole rings is 1. The number of benzene rings is 1. The number of piperidine rings is 1. The second kappa shape index (κ2) is 11.6. The van der Waals surface area contributed by atoms with E-state index in [1.165, 1.54) is 10.6 Å². The van der Waals surface area contributed by atoms with Crippen LogP contribution >= 0.6 is 35.3 Å². The predicted molar refractivity (Wildman–Crippen MR) is 138 cm³/mol. The van der Waals surface area contributed by atoms with E-state index >= 15 is 0 Å². The molecule has 1 saturated heterocycles. The molecule has 4 rings (SSSR count). The Hall–Kier alpha value is -1.94. The van der Waals surface area contributed by atoms with Gasteiger partial charge in [0.2, 0.25) is 0 Å². The standard InChI is InChI=1S/C23H30N6S.HI/c1-18-10-12-28(15-21(18)29-13-11-25-17-29)23(24-2)26-14-20-16-30-22(27-20)9-8-19-6-4-3-5-7-19;/h3-7,11,13,16-18,21H,8-10,12,14-15H2,1-2H3,(H,24,26);1H. The van der Waals surface area contributed by atoms with Gasteiger partial charge in [0.05, 0.1) is 29.6 Å². The molecule has 3 heterocycles. The van der Waals surface area contributed by atoms with Crippen LogP contribution in [0.3, 0.4) is 0 Å². The molecule has 2 unspecified atom stereocenters. The molecule has 1 N–H and O–H groups in total. The van der Waals surface area contributed by atoms with Crippen LogP contribution in [0.25, 0.3) is 0 Å². The average molecular weight is 551 g/mol. The third-order valence-electron chi connectivity index (χ3n) is 5.84. The van der Waals surface area contributed by atoms with Gasteiger partial charge < -0.3 is 14.8 Å². The zero-order valence-electron chi connectivity index (χ0n) is 18.1. The van der Waals surface area contributed by atoms with Crippen molar-refractivity contribution >= 4 is 41.3 Å². The second-order valence-electron chi connectivity index (χ2n) is 7.91. The fourth-order valence-corrected chi connectivity index (χ4v) is 4.84. The molecule has 0 spiro atoms. The van der Waals surface area contributed by atoms with Gasteiger partial charge in [-0.05, 0) is 24.3 Å². The summed E-state index contributed by atoms with van der Waals surface area (Å²) in [4.78, 5) is 15.9. The first-order valence-corrected chi connectivity index (χ1v) is 11.5. The second-order valence-corrected chi connectivity index (χ2v) is 8.85. The highest BCUT2D eigenvalue weighted by molar-refractivity contribution is 14.0. The zero-order chi connectivity index (χ0) is 20.8. The van der Waals surface area contributed by atoms with Gasteiger partial charge in [0.15, 0.2) is 5.96 Å². The van der Waals surface area contributed by atoms with E-state index in [1.54, 1.807) is 11.3 Å². The fraction of sp³-hybridized carbons (Fsp3) is 0.435. The van der Waals surface area contributed by atoms with Crippen LogP contribution in [0.1, 0.15) is 35.7 Å². The highest BCUT2D eigenvalue weighted by Gasteiger charge is 2.28. The molecule has 1 aliphatic heterocycles. The van der Waals surface area contributed by atoms with Gasteiger partial charge in [-0.25, -0.2) is 9.97 Å². The van der Waals surface area contributed by atoms with Crippen molar-refractivity contribution < 1.29 is 0 Å². The molecule has 3 aromatic rings. The number of nitrogens with one attached hydrogen (secondary N) is 1. The SMILES string of the molecule is CN=C(NCc1csc(CCc2ccccc2)n1)N1CCC(C)C(n2ccnc2)C1.I. The number of rotatable bonds is 6. The minimum atomic E-state index is 0. The maximum Gasteiger partial charge on any atom is 0.194 e. The van der Waals surface area contributed by atoms with Crippen LogP contribution in [-0.4, -0.2) is 45.5 Å². The van der Waals surface area contributed by atoms with Crippen LogP contribution in [-0.2, 0) is 19.4 Å². The maximum atomic E-state index is 4.81. The molecule has 166 valence electrons. The van der Waals surface area contributed by atoms with E-state index in [9.17, 15) is 0 Å². The van der Waals surface area contributed by atoms with Crippen LogP contribution in [0, 0.1) is 5.92 Å². The van der Waals surface area contributed by atoms with Crippen LogP contribution < -0.4 is 5.32 Å². The Kier molecular flexibility index (Phi) is 8.89. The predicted octanol–water partition coefficient (Wildman–Crippen LogP) is 4.40. The van der Waals surface area contributed by atoms with Gasteiger partial charge in [-0.3, -0.25) is 4.99 Å². The molecule has 1 aliphatic rings. The molecule has 2 atom stereocenters. The first-order chi connectivity index (χ1) is 14.7. The van der Waals surface area contributed by atoms with Crippen molar-refractivity contribution in [3.05, 3.63) is 70.7 Å². The lowest BCUT2D eigenvalue weighted by Gasteiger charge is -2.39. The Morgan fingerprint density at radius 1 is 1.26 bits per heavy atom. The fourth-order valence-electron chi connectivity index (χ4n) is 4.04. The van der Waals surface area contributed by atoms with E-state index in [1.807, 2.05) is 19.6 Å². The summed E-state index contributed by atoms with van der Waals surface area (Å²) >= 11 is 1.75. The summed E-state index contributed by atoms with van der Waals surface area (Å²) in [5.74, 6) is 1.57. The van der Waals surface area contributed by atoms with Gasteiger partial charge >= 0.3 is 0 Å². The Labute approximate surface area is 205 Å². The lowest BCUT2D eigenvalue weighted by molar-refractivity contribution is 0.189. The lowest BCUT2D eigenvalue weighted by atomic mass is 9.93. The molecule has 6 nitrogen and oxygen atoms in total. The number of nitrogens with zero attached hydrogens (tertiary/aromatic N) is 5. The third-order valence-corrected chi connectivity index (χ3v) is 6.79. The smallest absolute Gasteiger partial charge is 0.194 e. The van der Waals surface area contributed by atoms with Crippen molar-refractivity contribution in [2.45, 2.75) is 38.8 Å². The average Bonchev–Trinajstić information content (AvgIpc) is 3.47. The van der Waals surface area contributed by atoms with Gasteiger partial charge in [0, 0.05) is 44.3 Å². The Morgan fingerprint density at radius 3 is 2.84 bits per heavy atom. The number of aryl methyl sites for hydroxylation is 2. The first-order valence-electron chi connectivity index (χ1n) is 10.6. The van der Waals surface area contributed by atoms with Crippen molar-refractivity contribution in [1.82, 2.24) is 24.8 Å². The normalized spacial score (nSPS) is 19.2. The number of thiazole rings is 1. The van der Waals surface area contributed by atoms with Crippen LogP contribution in [0.15, 0.2) is 59.4 Å². The van der Waals surface area contributed by atoms with Crippen molar-refractivity contribution in [2.75, 3.05) is 20.1 Å². The molecule has 0 aliphatic carbocycles. The van der Waals surface area contributed by atoms with Crippen molar-refractivity contribution in [2.24, 2.45) is 10.9 Å². The summed E-state index contributed by atoms with van der Waals surface area (Å²) in [6.07, 6.45) is 9.00. The largest absolute Gasteiger partial charge is 0.351 e. The van der Waals surface area contributed by atoms with Gasteiger partial charge in [-0.15, -0.1) is 35.3 Å². The third kappa shape index (κ3) is 6.29. The molecule has 8 heteroatoms. The maximum absolute atomic E-state index is 4.81. The van der Waals surface area contributed by atoms with Crippen LogP contribution in [0.2, 0.25) is 0 Å². The van der Waals surface area contributed by atoms with E-state index in [4.69, 9.17) is 4.98 Å². The van der Waals surface area contributed by atoms with Gasteiger partial charge in [0.1, 0.15) is 0 Å². The summed E-state index contributed by atoms with van der Waals surface area (Å²) in [5, 5.41) is 6.87. The summed E-state index contributed by atoms with van der Waals surface area (Å²) in [7, 11) is 1.86. The number of aliphatic imine (C=N–C) groups is 1. The van der Waals surface area contributed by atoms with Crippen LogP contribution in [0.5, 0.6) is 0 Å². The molecular weight excluding hydrogens is 519 g/mol. The van der Waals surface area contributed by atoms with E-state index in [-0.39, 0.29) is 24.0 Å². The van der Waals surface area contributed by atoms with Crippen molar-refractivity contribution in [3.63, 3.8) is 0 Å². The molecule has 2 aromatic heterocycles. The highest BCUT2D eigenvalue weighted by Crippen LogP contribution is 2.27. The Bertz CT molecular complexity index is 940. The summed E-state index contributed by atoms with van der Waals surface area (Å²) < 4.78 is 2.23. The molecule has 0 amide bonds. The van der Waals surface area contributed by atoms with Gasteiger partial charge in [-0.2, -0.15) is 0 Å². The number of halogens is 1. The Morgan fingerprint density at radius 2 is 2.10 bits per heavy atom. The summed E-state index contributed by atoms with van der Waals surface area (Å²) in [6.45, 7) is 4.99. The molecule has 1 fully saturated rings. The molecule has 0 bridgehead atoms. The van der Waals surface area contributed by atoms with E-state index in [0.717, 1.165) is 44.0 Å².